The number of carbonyl (C=O) groups is 2. The summed E-state index contributed by atoms with van der Waals surface area (Å²) in [6.45, 7) is 9.04. The molecule has 1 aromatic rings. The van der Waals surface area contributed by atoms with E-state index in [9.17, 15) is 9.59 Å². The third-order valence-electron chi connectivity index (χ3n) is 2.96. The summed E-state index contributed by atoms with van der Waals surface area (Å²) in [6, 6.07) is 7.32. The van der Waals surface area contributed by atoms with E-state index in [1.54, 1.807) is 18.2 Å². The number of hydrogen-bond donors (Lipinski definition) is 0. The molecular formula is C18H20O4. The quantitative estimate of drug-likeness (QED) is 0.329. The highest BCUT2D eigenvalue weighted by atomic mass is 17.2. The van der Waals surface area contributed by atoms with Gasteiger partial charge in [-0.25, -0.2) is 19.4 Å². The molecule has 1 rings (SSSR count). The van der Waals surface area contributed by atoms with Gasteiger partial charge in [-0.15, -0.1) is 0 Å². The molecule has 0 saturated heterocycles. The normalized spacial score (nSPS) is 10.7. The number of benzene rings is 1. The Morgan fingerprint density at radius 2 is 1.91 bits per heavy atom. The van der Waals surface area contributed by atoms with Crippen molar-refractivity contribution in [3.05, 3.63) is 60.7 Å². The zero-order valence-electron chi connectivity index (χ0n) is 12.7. The summed E-state index contributed by atoms with van der Waals surface area (Å²) in [6.07, 6.45) is 7.04. The molecule has 0 aliphatic carbocycles. The maximum absolute atomic E-state index is 12.2. The van der Waals surface area contributed by atoms with Gasteiger partial charge in [0.05, 0.1) is 5.57 Å². The average molecular weight is 300 g/mol. The third kappa shape index (κ3) is 5.05. The lowest BCUT2D eigenvalue weighted by molar-refractivity contribution is -0.249. The fourth-order valence-electron chi connectivity index (χ4n) is 1.83. The zero-order valence-corrected chi connectivity index (χ0v) is 12.7. The van der Waals surface area contributed by atoms with Gasteiger partial charge in [0.15, 0.2) is 0 Å². The minimum atomic E-state index is -0.821. The monoisotopic (exact) mass is 300 g/mol. The van der Waals surface area contributed by atoms with Crippen LogP contribution < -0.4 is 0 Å². The van der Waals surface area contributed by atoms with Gasteiger partial charge in [0.1, 0.15) is 0 Å². The number of hydrogen-bond acceptors (Lipinski definition) is 4. The zero-order chi connectivity index (χ0) is 16.4. The highest BCUT2D eigenvalue weighted by Gasteiger charge is 2.18. The summed E-state index contributed by atoms with van der Waals surface area (Å²) >= 11 is 0. The maximum atomic E-state index is 12.2. The first-order valence-electron chi connectivity index (χ1n) is 7.11. The molecule has 0 N–H and O–H groups in total. The summed E-state index contributed by atoms with van der Waals surface area (Å²) in [7, 11) is 0. The van der Waals surface area contributed by atoms with E-state index in [1.807, 2.05) is 18.2 Å². The van der Waals surface area contributed by atoms with Gasteiger partial charge < -0.3 is 0 Å². The Kier molecular flexibility index (Phi) is 7.40. The van der Waals surface area contributed by atoms with Crippen LogP contribution in [-0.2, 0) is 19.4 Å². The Labute approximate surface area is 130 Å². The van der Waals surface area contributed by atoms with Crippen LogP contribution in [0.3, 0.4) is 0 Å². The minimum Gasteiger partial charge on any atom is -0.242 e. The topological polar surface area (TPSA) is 52.6 Å². The van der Waals surface area contributed by atoms with Gasteiger partial charge >= 0.3 is 11.9 Å². The molecule has 0 fully saturated rings. The Morgan fingerprint density at radius 1 is 1.18 bits per heavy atom. The molecular weight excluding hydrogens is 280 g/mol. The summed E-state index contributed by atoms with van der Waals surface area (Å²) < 4.78 is 0. The molecule has 0 aromatic heterocycles. The molecule has 0 amide bonds. The molecule has 0 aliphatic heterocycles. The molecule has 0 heterocycles. The smallest absolute Gasteiger partial charge is 0.242 e. The first-order valence-corrected chi connectivity index (χ1v) is 7.11. The van der Waals surface area contributed by atoms with Crippen LogP contribution in [0.2, 0.25) is 0 Å². The van der Waals surface area contributed by atoms with Crippen LogP contribution in [0.25, 0.3) is 11.6 Å². The van der Waals surface area contributed by atoms with E-state index in [0.717, 1.165) is 30.9 Å². The van der Waals surface area contributed by atoms with E-state index in [0.29, 0.717) is 11.1 Å². The van der Waals surface area contributed by atoms with E-state index < -0.39 is 11.9 Å². The van der Waals surface area contributed by atoms with Gasteiger partial charge in [-0.1, -0.05) is 69.3 Å². The lowest BCUT2D eigenvalue weighted by Crippen LogP contribution is -2.11. The van der Waals surface area contributed by atoms with Crippen molar-refractivity contribution in [2.24, 2.45) is 0 Å². The summed E-state index contributed by atoms with van der Waals surface area (Å²) in [5, 5.41) is 0. The van der Waals surface area contributed by atoms with Crippen molar-refractivity contribution in [3.8, 4) is 0 Å². The van der Waals surface area contributed by atoms with Crippen LogP contribution in [0.4, 0.5) is 0 Å². The molecule has 0 saturated carbocycles. The minimum absolute atomic E-state index is 0.348. The van der Waals surface area contributed by atoms with E-state index in [4.69, 9.17) is 0 Å². The second-order valence-corrected chi connectivity index (χ2v) is 4.53. The first kappa shape index (κ1) is 17.4. The largest absolute Gasteiger partial charge is 0.386 e. The highest BCUT2D eigenvalue weighted by molar-refractivity contribution is 6.17. The number of unbranched alkanes of at least 4 members (excludes halogenated alkanes) is 2. The number of allylic oxidation sites excluding steroid dienone is 1. The standard InChI is InChI=1S/C18H20O4/c1-4-7-8-13-16(18(20)22-21-17(19)6-3)15-12-10-9-11-14(15)5-2/h5-6,9-13H,2-4,7-8H2,1H3/b16-13-. The van der Waals surface area contributed by atoms with Crippen molar-refractivity contribution < 1.29 is 19.4 Å². The summed E-state index contributed by atoms with van der Waals surface area (Å²) in [4.78, 5) is 32.1. The molecule has 0 spiro atoms. The Bertz CT molecular complexity index is 585. The van der Waals surface area contributed by atoms with Crippen LogP contribution in [0, 0.1) is 0 Å². The second-order valence-electron chi connectivity index (χ2n) is 4.53. The van der Waals surface area contributed by atoms with E-state index in [-0.39, 0.29) is 0 Å². The maximum Gasteiger partial charge on any atom is 0.386 e. The third-order valence-corrected chi connectivity index (χ3v) is 2.96. The van der Waals surface area contributed by atoms with Crippen LogP contribution >= 0.6 is 0 Å². The lowest BCUT2D eigenvalue weighted by Gasteiger charge is -2.09. The molecule has 4 heteroatoms. The van der Waals surface area contributed by atoms with E-state index in [1.165, 1.54) is 0 Å². The fraction of sp³-hybridized carbons (Fsp3) is 0.222. The molecule has 0 unspecified atom stereocenters. The Hall–Kier alpha value is -2.62. The van der Waals surface area contributed by atoms with Crippen molar-refractivity contribution in [3.63, 3.8) is 0 Å². The van der Waals surface area contributed by atoms with Gasteiger partial charge in [-0.3, -0.25) is 0 Å². The molecule has 4 nitrogen and oxygen atoms in total. The van der Waals surface area contributed by atoms with Crippen LogP contribution in [0.1, 0.15) is 37.3 Å². The SMILES string of the molecule is C=CC(=O)OOC(=O)/C(=C\CCCC)c1ccccc1C=C. The van der Waals surface area contributed by atoms with Crippen LogP contribution in [0.15, 0.2) is 49.6 Å². The summed E-state index contributed by atoms with van der Waals surface area (Å²) in [5.74, 6) is -1.54. The van der Waals surface area contributed by atoms with Gasteiger partial charge in [0, 0.05) is 6.08 Å². The van der Waals surface area contributed by atoms with Crippen molar-refractivity contribution >= 4 is 23.6 Å². The van der Waals surface area contributed by atoms with Crippen molar-refractivity contribution in [2.45, 2.75) is 26.2 Å². The summed E-state index contributed by atoms with van der Waals surface area (Å²) in [5.41, 5.74) is 1.84. The van der Waals surface area contributed by atoms with Crippen molar-refractivity contribution in [1.82, 2.24) is 0 Å². The second kappa shape index (κ2) is 9.34. The molecule has 1 aromatic carbocycles. The van der Waals surface area contributed by atoms with Crippen LogP contribution in [0.5, 0.6) is 0 Å². The van der Waals surface area contributed by atoms with Gasteiger partial charge in [-0.2, -0.15) is 0 Å². The average Bonchev–Trinajstić information content (AvgIpc) is 2.56. The number of carbonyl (C=O) groups excluding carboxylic acids is 2. The lowest BCUT2D eigenvalue weighted by atomic mass is 9.98. The van der Waals surface area contributed by atoms with E-state index in [2.05, 4.69) is 29.9 Å². The molecule has 116 valence electrons. The Morgan fingerprint density at radius 3 is 2.55 bits per heavy atom. The molecule has 0 radical (unpaired) electrons. The molecule has 0 bridgehead atoms. The van der Waals surface area contributed by atoms with Gasteiger partial charge in [-0.05, 0) is 17.5 Å². The molecule has 22 heavy (non-hydrogen) atoms. The number of rotatable bonds is 7. The predicted molar refractivity (Wildman–Crippen MR) is 86.4 cm³/mol. The molecule has 0 aliphatic rings. The highest BCUT2D eigenvalue weighted by Crippen LogP contribution is 2.23. The fourth-order valence-corrected chi connectivity index (χ4v) is 1.83. The first-order chi connectivity index (χ1) is 10.6. The predicted octanol–water partition coefficient (Wildman–Crippen LogP) is 4.09. The van der Waals surface area contributed by atoms with Crippen molar-refractivity contribution in [1.29, 1.82) is 0 Å². The van der Waals surface area contributed by atoms with E-state index >= 15 is 0 Å². The van der Waals surface area contributed by atoms with Crippen molar-refractivity contribution in [2.75, 3.05) is 0 Å². The van der Waals surface area contributed by atoms with Gasteiger partial charge in [0.25, 0.3) is 0 Å². The Balaban J connectivity index is 3.04. The van der Waals surface area contributed by atoms with Gasteiger partial charge in [0.2, 0.25) is 0 Å². The van der Waals surface area contributed by atoms with Crippen LogP contribution in [-0.4, -0.2) is 11.9 Å². The molecule has 0 atom stereocenters.